The summed E-state index contributed by atoms with van der Waals surface area (Å²) in [6, 6.07) is 12.0. The molecule has 1 atom stereocenters. The monoisotopic (exact) mass is 502 g/mol. The smallest absolute Gasteiger partial charge is 0.227 e. The second-order valence-corrected chi connectivity index (χ2v) is 10.00. The van der Waals surface area contributed by atoms with Crippen molar-refractivity contribution in [3.05, 3.63) is 93.7 Å². The molecule has 6 nitrogen and oxygen atoms in total. The third-order valence-corrected chi connectivity index (χ3v) is 7.64. The van der Waals surface area contributed by atoms with Crippen molar-refractivity contribution in [2.24, 2.45) is 4.99 Å². The van der Waals surface area contributed by atoms with Gasteiger partial charge in [-0.2, -0.15) is 0 Å². The zero-order valence-electron chi connectivity index (χ0n) is 20.7. The molecule has 0 unspecified atom stereocenters. The first-order chi connectivity index (χ1) is 18.0. The van der Waals surface area contributed by atoms with E-state index in [4.69, 9.17) is 9.73 Å². The molecule has 3 aliphatic rings. The molecule has 0 saturated carbocycles. The number of hydrogen-bond donors (Lipinski definition) is 0. The highest BCUT2D eigenvalue weighted by Gasteiger charge is 2.33. The van der Waals surface area contributed by atoms with Crippen LogP contribution in [0.15, 0.2) is 53.7 Å². The van der Waals surface area contributed by atoms with Gasteiger partial charge >= 0.3 is 0 Å². The van der Waals surface area contributed by atoms with Gasteiger partial charge in [0.2, 0.25) is 11.8 Å². The number of halogens is 2. The number of likely N-dealkylation sites (tertiary alicyclic amines) is 1. The molecule has 8 heteroatoms. The van der Waals surface area contributed by atoms with Crippen LogP contribution in [0.3, 0.4) is 0 Å². The van der Waals surface area contributed by atoms with Crippen molar-refractivity contribution in [1.82, 2.24) is 14.8 Å². The van der Waals surface area contributed by atoms with Gasteiger partial charge in [0.15, 0.2) is 0 Å². The van der Waals surface area contributed by atoms with Gasteiger partial charge in [0.1, 0.15) is 11.6 Å². The third-order valence-electron chi connectivity index (χ3n) is 7.64. The van der Waals surface area contributed by atoms with E-state index in [9.17, 15) is 13.6 Å². The van der Waals surface area contributed by atoms with Crippen LogP contribution in [-0.4, -0.2) is 52.6 Å². The average Bonchev–Trinajstić information content (AvgIpc) is 3.31. The summed E-state index contributed by atoms with van der Waals surface area (Å²) < 4.78 is 32.9. The minimum atomic E-state index is -0.571. The van der Waals surface area contributed by atoms with Gasteiger partial charge in [-0.3, -0.25) is 14.7 Å². The highest BCUT2D eigenvalue weighted by atomic mass is 19.1. The van der Waals surface area contributed by atoms with Gasteiger partial charge in [-0.25, -0.2) is 13.8 Å². The summed E-state index contributed by atoms with van der Waals surface area (Å²) in [5.41, 5.74) is 6.82. The molecule has 4 heterocycles. The number of carbonyl (C=O) groups is 1. The Morgan fingerprint density at radius 2 is 1.97 bits per heavy atom. The molecule has 1 fully saturated rings. The predicted octanol–water partition coefficient (Wildman–Crippen LogP) is 4.27. The Bertz CT molecular complexity index is 1410. The topological polar surface area (TPSA) is 58.0 Å². The Hall–Kier alpha value is -3.65. The lowest BCUT2D eigenvalue weighted by molar-refractivity contribution is -0.135. The first kappa shape index (κ1) is 23.7. The van der Waals surface area contributed by atoms with Crippen LogP contribution in [0.1, 0.15) is 46.2 Å². The van der Waals surface area contributed by atoms with E-state index in [1.807, 2.05) is 17.0 Å². The molecule has 0 spiro atoms. The van der Waals surface area contributed by atoms with Crippen LogP contribution < -0.4 is 4.74 Å². The summed E-state index contributed by atoms with van der Waals surface area (Å²) in [6.45, 7) is 3.06. The lowest BCUT2D eigenvalue weighted by Crippen LogP contribution is -2.51. The van der Waals surface area contributed by atoms with Gasteiger partial charge in [0, 0.05) is 60.7 Å². The number of ether oxygens (including phenoxy) is 1. The van der Waals surface area contributed by atoms with E-state index in [0.29, 0.717) is 44.0 Å². The molecule has 0 aliphatic carbocycles. The van der Waals surface area contributed by atoms with Crippen LogP contribution in [0.25, 0.3) is 0 Å². The van der Waals surface area contributed by atoms with Crippen LogP contribution in [0.2, 0.25) is 0 Å². The zero-order chi connectivity index (χ0) is 25.5. The van der Waals surface area contributed by atoms with Gasteiger partial charge in [-0.05, 0) is 54.3 Å². The fourth-order valence-corrected chi connectivity index (χ4v) is 5.76. The number of methoxy groups -OCH3 is 1. The molecule has 2 aromatic carbocycles. The maximum absolute atomic E-state index is 14.2. The molecular formula is C29H28F2N4O2. The van der Waals surface area contributed by atoms with E-state index in [2.05, 4.69) is 22.0 Å². The number of aliphatic imine (C=N–C) groups is 1. The molecular weight excluding hydrogens is 474 g/mol. The minimum absolute atomic E-state index is 0.0590. The highest BCUT2D eigenvalue weighted by molar-refractivity contribution is 6.15. The van der Waals surface area contributed by atoms with E-state index in [-0.39, 0.29) is 11.9 Å². The largest absolute Gasteiger partial charge is 0.481 e. The van der Waals surface area contributed by atoms with Crippen LogP contribution in [0, 0.1) is 11.6 Å². The highest BCUT2D eigenvalue weighted by Crippen LogP contribution is 2.32. The number of aromatic nitrogens is 1. The second kappa shape index (κ2) is 9.67. The number of fused-ring (bicyclic) bond motifs is 2. The van der Waals surface area contributed by atoms with Crippen LogP contribution >= 0.6 is 0 Å². The maximum atomic E-state index is 14.2. The quantitative estimate of drug-likeness (QED) is 0.523. The van der Waals surface area contributed by atoms with Crippen LogP contribution in [0.4, 0.5) is 8.78 Å². The van der Waals surface area contributed by atoms with E-state index >= 15 is 0 Å². The number of amides is 1. The molecule has 37 heavy (non-hydrogen) atoms. The van der Waals surface area contributed by atoms with Crippen molar-refractivity contribution in [1.29, 1.82) is 0 Å². The number of piperidine rings is 1. The van der Waals surface area contributed by atoms with Crippen molar-refractivity contribution < 1.29 is 18.3 Å². The molecule has 0 N–H and O–H groups in total. The molecule has 1 amide bonds. The molecule has 3 aliphatic heterocycles. The van der Waals surface area contributed by atoms with Crippen molar-refractivity contribution in [2.45, 2.75) is 44.9 Å². The molecule has 1 aromatic heterocycles. The molecule has 190 valence electrons. The first-order valence-electron chi connectivity index (χ1n) is 12.6. The Morgan fingerprint density at radius 3 is 2.81 bits per heavy atom. The number of nitrogens with zero attached hydrogens (tertiary/aromatic N) is 4. The summed E-state index contributed by atoms with van der Waals surface area (Å²) in [4.78, 5) is 26.4. The average molecular weight is 503 g/mol. The maximum Gasteiger partial charge on any atom is 0.227 e. The number of rotatable bonds is 5. The van der Waals surface area contributed by atoms with Gasteiger partial charge < -0.3 is 9.64 Å². The predicted molar refractivity (Wildman–Crippen MR) is 135 cm³/mol. The Morgan fingerprint density at radius 1 is 1.08 bits per heavy atom. The Labute approximate surface area is 214 Å². The van der Waals surface area contributed by atoms with Crippen molar-refractivity contribution in [2.75, 3.05) is 20.2 Å². The van der Waals surface area contributed by atoms with Gasteiger partial charge in [-0.1, -0.05) is 12.1 Å². The number of benzene rings is 2. The number of hydrogen-bond acceptors (Lipinski definition) is 5. The minimum Gasteiger partial charge on any atom is -0.481 e. The molecule has 6 rings (SSSR count). The SMILES string of the molecule is COc1cc(C2=NCc3cc4c(cc32)CN([C@@H]2CCCN(Cc3ccc(F)cc3F)C2)C(=O)C4)ccn1. The van der Waals surface area contributed by atoms with E-state index in [1.165, 1.54) is 12.1 Å². The van der Waals surface area contributed by atoms with E-state index < -0.39 is 11.6 Å². The molecule has 0 bridgehead atoms. The van der Waals surface area contributed by atoms with Gasteiger partial charge in [0.25, 0.3) is 0 Å². The Kier molecular flexibility index (Phi) is 6.20. The zero-order valence-corrected chi connectivity index (χ0v) is 20.7. The summed E-state index contributed by atoms with van der Waals surface area (Å²) in [7, 11) is 1.60. The third kappa shape index (κ3) is 4.62. The number of pyridine rings is 1. The second-order valence-electron chi connectivity index (χ2n) is 10.00. The van der Waals surface area contributed by atoms with Crippen molar-refractivity contribution in [3.8, 4) is 5.88 Å². The summed E-state index contributed by atoms with van der Waals surface area (Å²) >= 11 is 0. The lowest BCUT2D eigenvalue weighted by Gasteiger charge is -2.41. The Balaban J connectivity index is 1.21. The fourth-order valence-electron chi connectivity index (χ4n) is 5.76. The molecule has 0 radical (unpaired) electrons. The normalized spacial score (nSPS) is 19.4. The lowest BCUT2D eigenvalue weighted by atomic mass is 9.90. The molecule has 1 saturated heterocycles. The van der Waals surface area contributed by atoms with Crippen molar-refractivity contribution >= 4 is 11.6 Å². The first-order valence-corrected chi connectivity index (χ1v) is 12.6. The molecule has 3 aromatic rings. The van der Waals surface area contributed by atoms with Crippen LogP contribution in [-0.2, 0) is 30.8 Å². The summed E-state index contributed by atoms with van der Waals surface area (Å²) in [6.07, 6.45) is 3.94. The fraction of sp³-hybridized carbons (Fsp3) is 0.345. The van der Waals surface area contributed by atoms with E-state index in [0.717, 1.165) is 59.0 Å². The van der Waals surface area contributed by atoms with Crippen molar-refractivity contribution in [3.63, 3.8) is 0 Å². The number of carbonyl (C=O) groups excluding carboxylic acids is 1. The van der Waals surface area contributed by atoms with Gasteiger partial charge in [0.05, 0.1) is 25.8 Å². The summed E-state index contributed by atoms with van der Waals surface area (Å²) in [5, 5.41) is 0. The van der Waals surface area contributed by atoms with Crippen LogP contribution in [0.5, 0.6) is 5.88 Å². The van der Waals surface area contributed by atoms with E-state index in [1.54, 1.807) is 13.3 Å². The van der Waals surface area contributed by atoms with Gasteiger partial charge in [-0.15, -0.1) is 0 Å². The standard InChI is InChI=1S/C29H28F2N4O2/c1-37-27-11-18(6-7-32-27)29-25-10-22-16-35(28(36)12-20(22)9-21(25)14-33-29)24-3-2-8-34(17-24)15-19-4-5-23(30)13-26(19)31/h4-7,9-11,13,24H,2-3,8,12,14-17H2,1H3/t24-/m1/s1. The summed E-state index contributed by atoms with van der Waals surface area (Å²) in [5.74, 6) is -0.419.